The Kier molecular flexibility index (Phi) is 6.91. The predicted molar refractivity (Wildman–Crippen MR) is 166 cm³/mol. The summed E-state index contributed by atoms with van der Waals surface area (Å²) in [6.45, 7) is 1.21. The van der Waals surface area contributed by atoms with Crippen molar-refractivity contribution >= 4 is 51.6 Å². The molecule has 7 nitrogen and oxygen atoms in total. The molecule has 4 heterocycles. The number of carbonyl (C=O) groups excluding carboxylic acids is 3. The van der Waals surface area contributed by atoms with Crippen LogP contribution in [0.1, 0.15) is 12.8 Å². The van der Waals surface area contributed by atoms with E-state index in [1.54, 1.807) is 26.5 Å². The van der Waals surface area contributed by atoms with Gasteiger partial charge in [-0.15, -0.1) is 11.8 Å². The Morgan fingerprint density at radius 1 is 0.786 bits per heavy atom. The van der Waals surface area contributed by atoms with Crippen LogP contribution in [0.4, 0.5) is 11.4 Å². The Hall–Kier alpha value is -3.88. The molecule has 0 aromatic heterocycles. The van der Waals surface area contributed by atoms with Gasteiger partial charge in [0.1, 0.15) is 6.04 Å². The van der Waals surface area contributed by atoms with Gasteiger partial charge in [-0.3, -0.25) is 14.4 Å². The van der Waals surface area contributed by atoms with E-state index in [0.29, 0.717) is 32.5 Å². The van der Waals surface area contributed by atoms with Crippen molar-refractivity contribution in [3.8, 4) is 0 Å². The molecule has 8 heteroatoms. The highest BCUT2D eigenvalue weighted by molar-refractivity contribution is 8.02. The fraction of sp³-hybridized carbons (Fsp3) is 0.324. The van der Waals surface area contributed by atoms with Gasteiger partial charge >= 0.3 is 0 Å². The molecule has 1 unspecified atom stereocenters. The SMILES string of the molecule is O=C1C2N(CCCCO)C(=O)[C@@H]3[C@H]4C(=O)N(c5ccccc5)CC=C[C@H]4S[C@]23C=CCN1c1ccc2ccccc2c1. The second kappa shape index (κ2) is 10.7. The number of para-hydroxylation sites is 1. The molecule has 214 valence electrons. The first-order chi connectivity index (χ1) is 20.5. The van der Waals surface area contributed by atoms with E-state index in [2.05, 4.69) is 12.2 Å². The predicted octanol–water partition coefficient (Wildman–Crippen LogP) is 4.42. The minimum atomic E-state index is -0.867. The Balaban J connectivity index is 1.30. The number of hydrogen-bond donors (Lipinski definition) is 1. The zero-order valence-electron chi connectivity index (χ0n) is 23.2. The van der Waals surface area contributed by atoms with Crippen LogP contribution >= 0.6 is 11.8 Å². The molecule has 2 saturated heterocycles. The maximum atomic E-state index is 14.6. The maximum Gasteiger partial charge on any atom is 0.251 e. The molecule has 3 amide bonds. The average Bonchev–Trinajstić information content (AvgIpc) is 3.32. The van der Waals surface area contributed by atoms with E-state index in [1.807, 2.05) is 84.9 Å². The molecule has 4 aliphatic rings. The summed E-state index contributed by atoms with van der Waals surface area (Å²) in [5, 5.41) is 11.4. The zero-order chi connectivity index (χ0) is 28.8. The standard InChI is InChI=1S/C34H33N3O4S/c38-21-7-6-18-37-30-33(41)36(26-16-15-23-10-4-5-11-24(23)22-26)20-9-17-34(30)29(32(37)40)28-27(42-34)14-8-19-35(31(28)39)25-12-2-1-3-13-25/h1-5,8-17,22,27-30,38H,6-7,18-21H2/t27-,28+,29+,30?,34+/m1/s1. The highest BCUT2D eigenvalue weighted by Crippen LogP contribution is 2.61. The Labute approximate surface area is 249 Å². The van der Waals surface area contributed by atoms with Crippen LogP contribution in [0.25, 0.3) is 10.8 Å². The van der Waals surface area contributed by atoms with Gasteiger partial charge in [-0.2, -0.15) is 0 Å². The quantitative estimate of drug-likeness (QED) is 0.346. The lowest BCUT2D eigenvalue weighted by Crippen LogP contribution is -2.53. The maximum absolute atomic E-state index is 14.6. The van der Waals surface area contributed by atoms with Gasteiger partial charge in [0.25, 0.3) is 5.91 Å². The van der Waals surface area contributed by atoms with Crippen molar-refractivity contribution in [3.63, 3.8) is 0 Å². The molecule has 1 spiro atoms. The van der Waals surface area contributed by atoms with Crippen molar-refractivity contribution in [2.75, 3.05) is 36.0 Å². The van der Waals surface area contributed by atoms with Crippen molar-refractivity contribution in [1.29, 1.82) is 0 Å². The van der Waals surface area contributed by atoms with E-state index < -0.39 is 22.6 Å². The molecule has 0 bridgehead atoms. The van der Waals surface area contributed by atoms with Crippen LogP contribution in [0, 0.1) is 11.8 Å². The summed E-state index contributed by atoms with van der Waals surface area (Å²) in [6, 6.07) is 22.9. The number of fused-ring (bicyclic) bond motifs is 3. The summed E-state index contributed by atoms with van der Waals surface area (Å²) in [5.41, 5.74) is 1.59. The van der Waals surface area contributed by atoms with Gasteiger partial charge in [-0.25, -0.2) is 0 Å². The molecular formula is C34H33N3O4S. The molecule has 0 aliphatic carbocycles. The summed E-state index contributed by atoms with van der Waals surface area (Å²) < 4.78 is -0.867. The molecular weight excluding hydrogens is 546 g/mol. The Morgan fingerprint density at radius 3 is 2.33 bits per heavy atom. The van der Waals surface area contributed by atoms with Crippen molar-refractivity contribution < 1.29 is 19.5 Å². The number of rotatable bonds is 6. The fourth-order valence-electron chi connectivity index (χ4n) is 7.19. The number of nitrogens with zero attached hydrogens (tertiary/aromatic N) is 3. The molecule has 5 atom stereocenters. The van der Waals surface area contributed by atoms with E-state index in [4.69, 9.17) is 0 Å². The highest BCUT2D eigenvalue weighted by Gasteiger charge is 2.71. The Bertz CT molecular complexity index is 1610. The Morgan fingerprint density at radius 2 is 1.52 bits per heavy atom. The van der Waals surface area contributed by atoms with Gasteiger partial charge in [-0.05, 0) is 47.9 Å². The lowest BCUT2D eigenvalue weighted by Gasteiger charge is -2.35. The first kappa shape index (κ1) is 27.0. The lowest BCUT2D eigenvalue weighted by atomic mass is 9.78. The number of carbonyl (C=O) groups is 3. The first-order valence-corrected chi connectivity index (χ1v) is 15.5. The first-order valence-electron chi connectivity index (χ1n) is 14.6. The number of unbranched alkanes of at least 4 members (excludes halogenated alkanes) is 1. The monoisotopic (exact) mass is 579 g/mol. The molecule has 7 rings (SSSR count). The topological polar surface area (TPSA) is 81.2 Å². The lowest BCUT2D eigenvalue weighted by molar-refractivity contribution is -0.138. The number of hydrogen-bond acceptors (Lipinski definition) is 5. The zero-order valence-corrected chi connectivity index (χ0v) is 24.0. The summed E-state index contributed by atoms with van der Waals surface area (Å²) in [6.07, 6.45) is 9.26. The van der Waals surface area contributed by atoms with Crippen LogP contribution in [0.2, 0.25) is 0 Å². The minimum Gasteiger partial charge on any atom is -0.396 e. The number of aliphatic hydroxyl groups is 1. The van der Waals surface area contributed by atoms with E-state index in [9.17, 15) is 19.5 Å². The highest BCUT2D eigenvalue weighted by atomic mass is 32.2. The number of amides is 3. The molecule has 2 fully saturated rings. The van der Waals surface area contributed by atoms with Crippen molar-refractivity contribution in [3.05, 3.63) is 97.1 Å². The van der Waals surface area contributed by atoms with Crippen LogP contribution in [-0.4, -0.2) is 70.0 Å². The largest absolute Gasteiger partial charge is 0.396 e. The molecule has 4 aliphatic heterocycles. The van der Waals surface area contributed by atoms with Crippen molar-refractivity contribution in [1.82, 2.24) is 4.90 Å². The van der Waals surface area contributed by atoms with Gasteiger partial charge in [-0.1, -0.05) is 72.8 Å². The second-order valence-corrected chi connectivity index (χ2v) is 12.9. The minimum absolute atomic E-state index is 0.0209. The summed E-state index contributed by atoms with van der Waals surface area (Å²) in [7, 11) is 0. The number of benzene rings is 3. The molecule has 3 aromatic rings. The van der Waals surface area contributed by atoms with Gasteiger partial charge in [0.05, 0.1) is 16.6 Å². The van der Waals surface area contributed by atoms with E-state index in [1.165, 1.54) is 0 Å². The second-order valence-electron chi connectivity index (χ2n) is 11.4. The molecule has 42 heavy (non-hydrogen) atoms. The molecule has 0 saturated carbocycles. The smallest absolute Gasteiger partial charge is 0.251 e. The average molecular weight is 580 g/mol. The third-order valence-corrected chi connectivity index (χ3v) is 10.8. The van der Waals surface area contributed by atoms with Crippen LogP contribution in [-0.2, 0) is 14.4 Å². The van der Waals surface area contributed by atoms with Crippen LogP contribution in [0.3, 0.4) is 0 Å². The summed E-state index contributed by atoms with van der Waals surface area (Å²) in [4.78, 5) is 48.6. The third kappa shape index (κ3) is 4.19. The molecule has 0 radical (unpaired) electrons. The van der Waals surface area contributed by atoms with Gasteiger partial charge < -0.3 is 19.8 Å². The van der Waals surface area contributed by atoms with E-state index in [-0.39, 0.29) is 29.6 Å². The number of thioether (sulfide) groups is 1. The fourth-order valence-corrected chi connectivity index (χ4v) is 9.19. The van der Waals surface area contributed by atoms with E-state index >= 15 is 0 Å². The van der Waals surface area contributed by atoms with E-state index in [0.717, 1.165) is 22.1 Å². The third-order valence-electron chi connectivity index (χ3n) is 9.08. The van der Waals surface area contributed by atoms with Crippen molar-refractivity contribution in [2.45, 2.75) is 28.9 Å². The van der Waals surface area contributed by atoms with Crippen LogP contribution in [0.15, 0.2) is 97.1 Å². The number of likely N-dealkylation sites (tertiary alicyclic amines) is 1. The summed E-state index contributed by atoms with van der Waals surface area (Å²) in [5.74, 6) is -1.60. The van der Waals surface area contributed by atoms with Gasteiger partial charge in [0.15, 0.2) is 0 Å². The van der Waals surface area contributed by atoms with Gasteiger partial charge in [0, 0.05) is 42.9 Å². The molecule has 3 aromatic carbocycles. The van der Waals surface area contributed by atoms with Crippen molar-refractivity contribution in [2.24, 2.45) is 11.8 Å². The number of aliphatic hydroxyl groups excluding tert-OH is 1. The van der Waals surface area contributed by atoms with Gasteiger partial charge in [0.2, 0.25) is 11.8 Å². The molecule has 1 N–H and O–H groups in total. The van der Waals surface area contributed by atoms with Crippen LogP contribution in [0.5, 0.6) is 0 Å². The number of anilines is 2. The summed E-state index contributed by atoms with van der Waals surface area (Å²) >= 11 is 1.59. The normalized spacial score (nSPS) is 28.6. The van der Waals surface area contributed by atoms with Crippen LogP contribution < -0.4 is 9.80 Å².